The summed E-state index contributed by atoms with van der Waals surface area (Å²) in [6, 6.07) is 8.98. The Hall–Kier alpha value is -2.74. The Balaban J connectivity index is 1.49. The zero-order chi connectivity index (χ0) is 19.5. The summed E-state index contributed by atoms with van der Waals surface area (Å²) >= 11 is 1.39. The fourth-order valence-corrected chi connectivity index (χ4v) is 3.82. The van der Waals surface area contributed by atoms with Crippen LogP contribution in [0.3, 0.4) is 0 Å². The molecule has 7 nitrogen and oxygen atoms in total. The van der Waals surface area contributed by atoms with Crippen LogP contribution in [0.1, 0.15) is 40.7 Å². The van der Waals surface area contributed by atoms with Gasteiger partial charge in [0.05, 0.1) is 32.8 Å². The summed E-state index contributed by atoms with van der Waals surface area (Å²) in [5.74, 6) is 3.66. The van der Waals surface area contributed by atoms with Gasteiger partial charge < -0.3 is 13.9 Å². The fourth-order valence-electron chi connectivity index (χ4n) is 2.98. The lowest BCUT2D eigenvalue weighted by Crippen LogP contribution is -2.08. The van der Waals surface area contributed by atoms with Crippen molar-refractivity contribution in [2.75, 3.05) is 20.0 Å². The molecule has 3 aromatic rings. The van der Waals surface area contributed by atoms with Crippen molar-refractivity contribution in [3.8, 4) is 11.5 Å². The van der Waals surface area contributed by atoms with E-state index in [4.69, 9.17) is 13.9 Å². The van der Waals surface area contributed by atoms with Crippen LogP contribution in [0.2, 0.25) is 0 Å². The van der Waals surface area contributed by atoms with Gasteiger partial charge in [0.25, 0.3) is 0 Å². The Morgan fingerprint density at radius 3 is 2.71 bits per heavy atom. The van der Waals surface area contributed by atoms with E-state index >= 15 is 0 Å². The third-order valence-corrected chi connectivity index (χ3v) is 5.59. The number of ether oxygens (including phenoxy) is 2. The number of benzene rings is 1. The molecule has 4 rings (SSSR count). The maximum absolute atomic E-state index is 12.7. The SMILES string of the molecule is COc1ccc(C(=O)CSc2nnc(C3CC3)n2Cc2ccco2)cc1OC. The van der Waals surface area contributed by atoms with Gasteiger partial charge in [0, 0.05) is 11.5 Å². The van der Waals surface area contributed by atoms with Crippen molar-refractivity contribution in [1.29, 1.82) is 0 Å². The molecule has 1 aliphatic rings. The number of methoxy groups -OCH3 is 2. The third-order valence-electron chi connectivity index (χ3n) is 4.62. The van der Waals surface area contributed by atoms with Gasteiger partial charge in [-0.2, -0.15) is 0 Å². The summed E-state index contributed by atoms with van der Waals surface area (Å²) in [5, 5.41) is 9.41. The van der Waals surface area contributed by atoms with E-state index in [0.717, 1.165) is 29.6 Å². The number of thioether (sulfide) groups is 1. The van der Waals surface area contributed by atoms with Crippen LogP contribution in [0, 0.1) is 0 Å². The van der Waals surface area contributed by atoms with E-state index in [9.17, 15) is 4.79 Å². The van der Waals surface area contributed by atoms with Crippen LogP contribution in [0.15, 0.2) is 46.2 Å². The average molecular weight is 399 g/mol. The van der Waals surface area contributed by atoms with E-state index in [2.05, 4.69) is 14.8 Å². The van der Waals surface area contributed by atoms with Gasteiger partial charge in [0.2, 0.25) is 0 Å². The molecule has 1 fully saturated rings. The van der Waals surface area contributed by atoms with Crippen LogP contribution in [0.4, 0.5) is 0 Å². The van der Waals surface area contributed by atoms with Crippen molar-refractivity contribution >= 4 is 17.5 Å². The molecule has 0 atom stereocenters. The van der Waals surface area contributed by atoms with Crippen LogP contribution in [0.25, 0.3) is 0 Å². The van der Waals surface area contributed by atoms with E-state index in [1.54, 1.807) is 38.7 Å². The Morgan fingerprint density at radius 1 is 1.21 bits per heavy atom. The van der Waals surface area contributed by atoms with Gasteiger partial charge in [-0.15, -0.1) is 10.2 Å². The van der Waals surface area contributed by atoms with E-state index < -0.39 is 0 Å². The van der Waals surface area contributed by atoms with Crippen molar-refractivity contribution < 1.29 is 18.7 Å². The standard InChI is InChI=1S/C20H21N3O4S/c1-25-17-8-7-14(10-18(17)26-2)16(24)12-28-20-22-21-19(13-5-6-13)23(20)11-15-4-3-9-27-15/h3-4,7-10,13H,5-6,11-12H2,1-2H3. The van der Waals surface area contributed by atoms with E-state index in [1.807, 2.05) is 12.1 Å². The molecule has 0 spiro atoms. The summed E-state index contributed by atoms with van der Waals surface area (Å²) in [6.07, 6.45) is 3.92. The highest BCUT2D eigenvalue weighted by Crippen LogP contribution is 2.40. The summed E-state index contributed by atoms with van der Waals surface area (Å²) < 4.78 is 18.0. The molecule has 1 saturated carbocycles. The molecule has 0 aliphatic heterocycles. The molecule has 0 bridgehead atoms. The minimum absolute atomic E-state index is 0.00789. The van der Waals surface area contributed by atoms with E-state index in [-0.39, 0.29) is 11.5 Å². The predicted octanol–water partition coefficient (Wildman–Crippen LogP) is 3.79. The number of nitrogens with zero attached hydrogens (tertiary/aromatic N) is 3. The number of ketones is 1. The largest absolute Gasteiger partial charge is 0.493 e. The second-order valence-corrected chi connectivity index (χ2v) is 7.50. The molecule has 146 valence electrons. The Labute approximate surface area is 167 Å². The van der Waals surface area contributed by atoms with Gasteiger partial charge in [-0.05, 0) is 43.2 Å². The lowest BCUT2D eigenvalue weighted by atomic mass is 10.1. The first-order chi connectivity index (χ1) is 13.7. The molecule has 28 heavy (non-hydrogen) atoms. The quantitative estimate of drug-likeness (QED) is 0.400. The lowest BCUT2D eigenvalue weighted by molar-refractivity contribution is 0.102. The summed E-state index contributed by atoms with van der Waals surface area (Å²) in [6.45, 7) is 0.568. The van der Waals surface area contributed by atoms with Gasteiger partial charge in [0.1, 0.15) is 11.6 Å². The minimum atomic E-state index is -0.00789. The highest BCUT2D eigenvalue weighted by molar-refractivity contribution is 7.99. The van der Waals surface area contributed by atoms with Gasteiger partial charge in [0.15, 0.2) is 22.4 Å². The van der Waals surface area contributed by atoms with Gasteiger partial charge >= 0.3 is 0 Å². The number of rotatable bonds is 9. The van der Waals surface area contributed by atoms with Gasteiger partial charge in [-0.1, -0.05) is 11.8 Å². The van der Waals surface area contributed by atoms with E-state index in [1.165, 1.54) is 11.8 Å². The molecule has 0 unspecified atom stereocenters. The number of Topliss-reactive ketones (excluding diaryl/α,β-unsaturated/α-hetero) is 1. The van der Waals surface area contributed by atoms with Crippen LogP contribution in [-0.2, 0) is 6.54 Å². The van der Waals surface area contributed by atoms with Crippen molar-refractivity contribution in [3.05, 3.63) is 53.7 Å². The number of hydrogen-bond donors (Lipinski definition) is 0. The zero-order valence-corrected chi connectivity index (χ0v) is 16.6. The van der Waals surface area contributed by atoms with Gasteiger partial charge in [-0.3, -0.25) is 9.36 Å². The van der Waals surface area contributed by atoms with Crippen molar-refractivity contribution in [3.63, 3.8) is 0 Å². The topological polar surface area (TPSA) is 79.4 Å². The molecule has 8 heteroatoms. The first-order valence-corrected chi connectivity index (χ1v) is 10.0. The molecule has 0 saturated heterocycles. The van der Waals surface area contributed by atoms with Crippen LogP contribution in [-0.4, -0.2) is 40.5 Å². The molecule has 1 aromatic carbocycles. The molecule has 0 N–H and O–H groups in total. The van der Waals surface area contributed by atoms with Crippen molar-refractivity contribution in [1.82, 2.24) is 14.8 Å². The Bertz CT molecular complexity index is 964. The van der Waals surface area contributed by atoms with Crippen LogP contribution >= 0.6 is 11.8 Å². The Morgan fingerprint density at radius 2 is 2.04 bits per heavy atom. The molecule has 2 aromatic heterocycles. The predicted molar refractivity (Wildman–Crippen MR) is 104 cm³/mol. The smallest absolute Gasteiger partial charge is 0.192 e. The molecule has 2 heterocycles. The highest BCUT2D eigenvalue weighted by Gasteiger charge is 2.31. The minimum Gasteiger partial charge on any atom is -0.493 e. The second kappa shape index (κ2) is 8.10. The maximum Gasteiger partial charge on any atom is 0.192 e. The molecule has 1 aliphatic carbocycles. The molecular weight excluding hydrogens is 378 g/mol. The molecule has 0 radical (unpaired) electrons. The Kier molecular flexibility index (Phi) is 5.38. The highest BCUT2D eigenvalue weighted by atomic mass is 32.2. The number of carbonyl (C=O) groups excluding carboxylic acids is 1. The normalized spacial score (nSPS) is 13.5. The summed E-state index contributed by atoms with van der Waals surface area (Å²) in [5.41, 5.74) is 0.574. The number of aromatic nitrogens is 3. The number of carbonyl (C=O) groups is 1. The maximum atomic E-state index is 12.7. The first kappa shape index (κ1) is 18.6. The van der Waals surface area contributed by atoms with Crippen LogP contribution < -0.4 is 9.47 Å². The lowest BCUT2D eigenvalue weighted by Gasteiger charge is -2.10. The molecule has 0 amide bonds. The monoisotopic (exact) mass is 399 g/mol. The zero-order valence-electron chi connectivity index (χ0n) is 15.8. The van der Waals surface area contributed by atoms with Crippen LogP contribution in [0.5, 0.6) is 11.5 Å². The van der Waals surface area contributed by atoms with Gasteiger partial charge in [-0.25, -0.2) is 0 Å². The van der Waals surface area contributed by atoms with E-state index in [0.29, 0.717) is 29.5 Å². The number of hydrogen-bond acceptors (Lipinski definition) is 7. The third kappa shape index (κ3) is 3.91. The fraction of sp³-hybridized carbons (Fsp3) is 0.350. The second-order valence-electron chi connectivity index (χ2n) is 6.56. The first-order valence-electron chi connectivity index (χ1n) is 9.03. The average Bonchev–Trinajstić information content (AvgIpc) is 3.29. The number of furan rings is 1. The summed E-state index contributed by atoms with van der Waals surface area (Å²) in [7, 11) is 3.12. The molecular formula is C20H21N3O4S. The summed E-state index contributed by atoms with van der Waals surface area (Å²) in [4.78, 5) is 12.7. The van der Waals surface area contributed by atoms with Crippen molar-refractivity contribution in [2.45, 2.75) is 30.5 Å². The van der Waals surface area contributed by atoms with Crippen molar-refractivity contribution in [2.24, 2.45) is 0 Å².